The summed E-state index contributed by atoms with van der Waals surface area (Å²) in [6.45, 7) is -1.83. The lowest BCUT2D eigenvalue weighted by molar-refractivity contribution is -0.143. The molecule has 0 radical (unpaired) electrons. The van der Waals surface area contributed by atoms with Crippen LogP contribution < -0.4 is 4.74 Å². The standard InChI is InChI=1S/C16H20F2N2O4S/c1-19-9-2-7-16(14(19)21)8-10-20(11-16)25(22,23)13-5-3-12(4-6-13)24-15(17)18/h3-6,15H,2,7-11H2,1H3/t16-/m1/s1. The smallest absolute Gasteiger partial charge is 0.387 e. The number of likely N-dealkylation sites (tertiary alicyclic amines) is 1. The number of piperidine rings is 1. The molecule has 2 saturated heterocycles. The number of alkyl halides is 2. The second-order valence-corrected chi connectivity index (χ2v) is 8.49. The number of sulfonamides is 1. The Balaban J connectivity index is 1.78. The van der Waals surface area contributed by atoms with Crippen LogP contribution in [-0.4, -0.2) is 56.8 Å². The first kappa shape index (κ1) is 18.1. The van der Waals surface area contributed by atoms with Crippen molar-refractivity contribution in [3.63, 3.8) is 0 Å². The molecule has 1 atom stereocenters. The quantitative estimate of drug-likeness (QED) is 0.808. The topological polar surface area (TPSA) is 66.9 Å². The third kappa shape index (κ3) is 3.35. The third-order valence-corrected chi connectivity index (χ3v) is 6.81. The molecular formula is C16H20F2N2O4S. The Morgan fingerprint density at radius 2 is 1.84 bits per heavy atom. The molecule has 6 nitrogen and oxygen atoms in total. The zero-order chi connectivity index (χ0) is 18.2. The summed E-state index contributed by atoms with van der Waals surface area (Å²) < 4.78 is 55.5. The maximum absolute atomic E-state index is 12.8. The number of nitrogens with zero attached hydrogens (tertiary/aromatic N) is 2. The number of hydrogen-bond acceptors (Lipinski definition) is 4. The van der Waals surface area contributed by atoms with Gasteiger partial charge in [-0.2, -0.15) is 13.1 Å². The molecule has 0 bridgehead atoms. The van der Waals surface area contributed by atoms with Gasteiger partial charge in [0, 0.05) is 26.7 Å². The van der Waals surface area contributed by atoms with Gasteiger partial charge in [-0.05, 0) is 43.5 Å². The Hall–Kier alpha value is -1.74. The number of carbonyl (C=O) groups is 1. The molecular weight excluding hydrogens is 354 g/mol. The fourth-order valence-electron chi connectivity index (χ4n) is 3.63. The van der Waals surface area contributed by atoms with Gasteiger partial charge in [0.2, 0.25) is 15.9 Å². The monoisotopic (exact) mass is 374 g/mol. The number of hydrogen-bond donors (Lipinski definition) is 0. The fraction of sp³-hybridized carbons (Fsp3) is 0.562. The van der Waals surface area contributed by atoms with E-state index in [9.17, 15) is 22.0 Å². The Morgan fingerprint density at radius 3 is 2.48 bits per heavy atom. The number of halogens is 2. The van der Waals surface area contributed by atoms with Crippen molar-refractivity contribution in [2.45, 2.75) is 30.8 Å². The van der Waals surface area contributed by atoms with Gasteiger partial charge in [-0.25, -0.2) is 8.42 Å². The molecule has 25 heavy (non-hydrogen) atoms. The fourth-order valence-corrected chi connectivity index (χ4v) is 5.16. The molecule has 9 heteroatoms. The second-order valence-electron chi connectivity index (χ2n) is 6.55. The highest BCUT2D eigenvalue weighted by atomic mass is 32.2. The molecule has 0 saturated carbocycles. The SMILES string of the molecule is CN1CCC[C@]2(CCN(S(=O)(=O)c3ccc(OC(F)F)cc3)C2)C1=O. The molecule has 2 fully saturated rings. The largest absolute Gasteiger partial charge is 0.435 e. The van der Waals surface area contributed by atoms with E-state index in [2.05, 4.69) is 4.74 Å². The van der Waals surface area contributed by atoms with Crippen molar-refractivity contribution < 1.29 is 26.7 Å². The van der Waals surface area contributed by atoms with Crippen molar-refractivity contribution in [3.05, 3.63) is 24.3 Å². The van der Waals surface area contributed by atoms with E-state index >= 15 is 0 Å². The third-order valence-electron chi connectivity index (χ3n) is 4.95. The van der Waals surface area contributed by atoms with E-state index in [4.69, 9.17) is 0 Å². The average Bonchev–Trinajstić information content (AvgIpc) is 2.99. The summed E-state index contributed by atoms with van der Waals surface area (Å²) in [4.78, 5) is 14.2. The molecule has 2 heterocycles. The molecule has 1 amide bonds. The van der Waals surface area contributed by atoms with Crippen LogP contribution in [0, 0.1) is 5.41 Å². The Kier molecular flexibility index (Phi) is 4.72. The minimum atomic E-state index is -3.78. The zero-order valence-corrected chi connectivity index (χ0v) is 14.6. The number of rotatable bonds is 4. The number of carbonyl (C=O) groups excluding carboxylic acids is 1. The minimum Gasteiger partial charge on any atom is -0.435 e. The molecule has 2 aliphatic rings. The van der Waals surface area contributed by atoms with E-state index in [1.807, 2.05) is 0 Å². The first-order valence-corrected chi connectivity index (χ1v) is 9.49. The predicted molar refractivity (Wildman–Crippen MR) is 85.8 cm³/mol. The van der Waals surface area contributed by atoms with Gasteiger partial charge in [0.1, 0.15) is 5.75 Å². The van der Waals surface area contributed by atoms with Crippen LogP contribution in [0.4, 0.5) is 8.78 Å². The maximum atomic E-state index is 12.8. The van der Waals surface area contributed by atoms with Gasteiger partial charge < -0.3 is 9.64 Å². The Bertz CT molecular complexity index is 754. The lowest BCUT2D eigenvalue weighted by atomic mass is 9.78. The molecule has 0 aliphatic carbocycles. The normalized spacial score (nSPS) is 25.1. The molecule has 3 rings (SSSR count). The molecule has 0 aromatic heterocycles. The second kappa shape index (κ2) is 6.53. The Morgan fingerprint density at radius 1 is 1.16 bits per heavy atom. The zero-order valence-electron chi connectivity index (χ0n) is 13.8. The first-order chi connectivity index (χ1) is 11.7. The Labute approximate surface area is 145 Å². The predicted octanol–water partition coefficient (Wildman–Crippen LogP) is 1.92. The van der Waals surface area contributed by atoms with Crippen LogP contribution in [0.25, 0.3) is 0 Å². The van der Waals surface area contributed by atoms with E-state index < -0.39 is 22.0 Å². The average molecular weight is 374 g/mol. The highest BCUT2D eigenvalue weighted by molar-refractivity contribution is 7.89. The van der Waals surface area contributed by atoms with Crippen LogP contribution >= 0.6 is 0 Å². The molecule has 2 aliphatic heterocycles. The van der Waals surface area contributed by atoms with E-state index in [1.165, 1.54) is 28.6 Å². The van der Waals surface area contributed by atoms with E-state index in [1.54, 1.807) is 11.9 Å². The molecule has 1 aromatic carbocycles. The lowest BCUT2D eigenvalue weighted by Crippen LogP contribution is -2.48. The highest BCUT2D eigenvalue weighted by Crippen LogP contribution is 2.41. The summed E-state index contributed by atoms with van der Waals surface area (Å²) in [5.74, 6) is -0.104. The van der Waals surface area contributed by atoms with Crippen molar-refractivity contribution in [2.75, 3.05) is 26.7 Å². The van der Waals surface area contributed by atoms with Crippen molar-refractivity contribution in [1.29, 1.82) is 0 Å². The van der Waals surface area contributed by atoms with Crippen molar-refractivity contribution in [3.8, 4) is 5.75 Å². The summed E-state index contributed by atoms with van der Waals surface area (Å²) in [5, 5.41) is 0. The summed E-state index contributed by atoms with van der Waals surface area (Å²) in [6.07, 6.45) is 2.04. The van der Waals surface area contributed by atoms with Crippen LogP contribution in [0.15, 0.2) is 29.2 Å². The van der Waals surface area contributed by atoms with Gasteiger partial charge in [-0.3, -0.25) is 4.79 Å². The first-order valence-electron chi connectivity index (χ1n) is 8.05. The van der Waals surface area contributed by atoms with Gasteiger partial charge in [0.25, 0.3) is 0 Å². The van der Waals surface area contributed by atoms with Gasteiger partial charge in [-0.1, -0.05) is 0 Å². The van der Waals surface area contributed by atoms with Crippen LogP contribution in [0.2, 0.25) is 0 Å². The van der Waals surface area contributed by atoms with Crippen LogP contribution in [-0.2, 0) is 14.8 Å². The van der Waals surface area contributed by atoms with Crippen molar-refractivity contribution in [2.24, 2.45) is 5.41 Å². The van der Waals surface area contributed by atoms with Gasteiger partial charge in [-0.15, -0.1) is 0 Å². The molecule has 0 N–H and O–H groups in total. The van der Waals surface area contributed by atoms with E-state index in [-0.39, 0.29) is 29.6 Å². The van der Waals surface area contributed by atoms with E-state index in [0.29, 0.717) is 19.4 Å². The summed E-state index contributed by atoms with van der Waals surface area (Å²) in [6, 6.07) is 4.88. The van der Waals surface area contributed by atoms with Gasteiger partial charge >= 0.3 is 6.61 Å². The van der Waals surface area contributed by atoms with E-state index in [0.717, 1.165) is 6.42 Å². The molecule has 138 valence electrons. The number of ether oxygens (including phenoxy) is 1. The van der Waals surface area contributed by atoms with Crippen LogP contribution in [0.3, 0.4) is 0 Å². The summed E-state index contributed by atoms with van der Waals surface area (Å²) in [7, 11) is -2.04. The minimum absolute atomic E-state index is 0.00257. The van der Waals surface area contributed by atoms with Crippen LogP contribution in [0.5, 0.6) is 5.75 Å². The van der Waals surface area contributed by atoms with Crippen molar-refractivity contribution >= 4 is 15.9 Å². The van der Waals surface area contributed by atoms with Gasteiger partial charge in [0.15, 0.2) is 0 Å². The summed E-state index contributed by atoms with van der Waals surface area (Å²) >= 11 is 0. The number of amides is 1. The lowest BCUT2D eigenvalue weighted by Gasteiger charge is -2.37. The van der Waals surface area contributed by atoms with Crippen LogP contribution in [0.1, 0.15) is 19.3 Å². The van der Waals surface area contributed by atoms with Gasteiger partial charge in [0.05, 0.1) is 10.3 Å². The molecule has 1 spiro atoms. The summed E-state index contributed by atoms with van der Waals surface area (Å²) in [5.41, 5.74) is -0.640. The highest BCUT2D eigenvalue weighted by Gasteiger charge is 2.50. The molecule has 0 unspecified atom stereocenters. The maximum Gasteiger partial charge on any atom is 0.387 e. The van der Waals surface area contributed by atoms with Crippen molar-refractivity contribution in [1.82, 2.24) is 9.21 Å². The molecule has 1 aromatic rings. The number of benzene rings is 1.